The molecule has 2 N–H and O–H groups in total. The summed E-state index contributed by atoms with van der Waals surface area (Å²) in [5.74, 6) is 1.48. The minimum atomic E-state index is -4.42. The molecule has 0 aliphatic carbocycles. The molecule has 0 spiro atoms. The highest BCUT2D eigenvalue weighted by Gasteiger charge is 2.39. The van der Waals surface area contributed by atoms with Crippen molar-refractivity contribution in [1.82, 2.24) is 10.2 Å². The fraction of sp³-hybridized carbons (Fsp3) is 0.611. The van der Waals surface area contributed by atoms with Crippen LogP contribution in [0, 0.1) is 11.8 Å². The number of benzene rings is 1. The third-order valence-corrected chi connectivity index (χ3v) is 5.48. The third kappa shape index (κ3) is 4.26. The van der Waals surface area contributed by atoms with E-state index in [1.54, 1.807) is 0 Å². The van der Waals surface area contributed by atoms with Gasteiger partial charge in [-0.25, -0.2) is 4.79 Å². The molecule has 3 heterocycles. The maximum atomic E-state index is 12.7. The normalized spacial score (nSPS) is 28.6. The molecule has 4 atom stereocenters. The number of carbonyl (C=O) groups is 1. The van der Waals surface area contributed by atoms with E-state index >= 15 is 0 Å². The van der Waals surface area contributed by atoms with E-state index in [-0.39, 0.29) is 5.69 Å². The molecule has 4 nitrogen and oxygen atoms in total. The maximum Gasteiger partial charge on any atom is 0.416 e. The van der Waals surface area contributed by atoms with Crippen molar-refractivity contribution < 1.29 is 18.0 Å². The van der Waals surface area contributed by atoms with Crippen molar-refractivity contribution in [2.75, 3.05) is 25.0 Å². The Kier molecular flexibility index (Phi) is 5.22. The topological polar surface area (TPSA) is 44.4 Å². The van der Waals surface area contributed by atoms with Crippen LogP contribution in [0.25, 0.3) is 0 Å². The molecule has 4 rings (SSSR count). The Morgan fingerprint density at radius 2 is 2.16 bits per heavy atom. The fourth-order valence-electron chi connectivity index (χ4n) is 4.08. The predicted octanol–water partition coefficient (Wildman–Crippen LogP) is 3.95. The molecule has 7 heteroatoms. The summed E-state index contributed by atoms with van der Waals surface area (Å²) in [5, 5.41) is 5.29. The van der Waals surface area contributed by atoms with Crippen molar-refractivity contribution in [2.24, 2.45) is 11.8 Å². The second-order valence-electron chi connectivity index (χ2n) is 7.02. The smallest absolute Gasteiger partial charge is 0.336 e. The largest absolute Gasteiger partial charge is 0.416 e. The lowest BCUT2D eigenvalue weighted by molar-refractivity contribution is -0.137. The van der Waals surface area contributed by atoms with Gasteiger partial charge in [-0.1, -0.05) is 19.4 Å². The Hall–Kier alpha value is -1.76. The number of halogens is 3. The van der Waals surface area contributed by atoms with Crippen LogP contribution < -0.4 is 10.6 Å². The van der Waals surface area contributed by atoms with E-state index in [1.165, 1.54) is 25.0 Å². The summed E-state index contributed by atoms with van der Waals surface area (Å²) >= 11 is 0. The standard InChI is InChI=1S/C18H24F3N3O/c1-2-12-11-24-7-6-13(12)8-16(24)10-22-17(25)23-15-5-3-4-14(9-15)18(19,20)21/h3-5,9,12-13,16H,2,6-8,10-11H2,1H3,(H2,22,23,25)/t12-,13-,16+/m0/s1. The first-order valence-electron chi connectivity index (χ1n) is 8.83. The molecule has 0 aromatic heterocycles. The molecule has 138 valence electrons. The molecule has 2 bridgehead atoms. The van der Waals surface area contributed by atoms with Crippen LogP contribution in [0.3, 0.4) is 0 Å². The van der Waals surface area contributed by atoms with Crippen LogP contribution in [0.1, 0.15) is 31.7 Å². The lowest BCUT2D eigenvalue weighted by Gasteiger charge is -2.49. The Balaban J connectivity index is 1.51. The molecule has 3 aliphatic heterocycles. The van der Waals surface area contributed by atoms with Crippen molar-refractivity contribution in [2.45, 2.75) is 38.4 Å². The number of anilines is 1. The lowest BCUT2D eigenvalue weighted by atomic mass is 9.74. The molecule has 3 aliphatic rings. The van der Waals surface area contributed by atoms with Crippen LogP contribution in [0.2, 0.25) is 0 Å². The highest BCUT2D eigenvalue weighted by atomic mass is 19.4. The average Bonchev–Trinajstić information content (AvgIpc) is 2.60. The highest BCUT2D eigenvalue weighted by Crippen LogP contribution is 2.37. The predicted molar refractivity (Wildman–Crippen MR) is 90.3 cm³/mol. The zero-order chi connectivity index (χ0) is 18.0. The van der Waals surface area contributed by atoms with Crippen LogP contribution in [0.4, 0.5) is 23.7 Å². The van der Waals surface area contributed by atoms with Crippen molar-refractivity contribution in [1.29, 1.82) is 0 Å². The Bertz CT molecular complexity index is 620. The van der Waals surface area contributed by atoms with Gasteiger partial charge in [0.25, 0.3) is 0 Å². The summed E-state index contributed by atoms with van der Waals surface area (Å²) in [6.45, 7) is 4.91. The first kappa shape index (κ1) is 18.0. The number of rotatable bonds is 4. The SMILES string of the molecule is CC[C@H]1CN2CC[C@H]1C[C@@H]2CNC(=O)Nc1cccc(C(F)(F)F)c1. The summed E-state index contributed by atoms with van der Waals surface area (Å²) < 4.78 is 38.1. The van der Waals surface area contributed by atoms with Crippen molar-refractivity contribution in [3.8, 4) is 0 Å². The highest BCUT2D eigenvalue weighted by molar-refractivity contribution is 5.89. The second-order valence-corrected chi connectivity index (χ2v) is 7.02. The Labute approximate surface area is 145 Å². The molecule has 2 amide bonds. The van der Waals surface area contributed by atoms with E-state index in [9.17, 15) is 18.0 Å². The zero-order valence-corrected chi connectivity index (χ0v) is 14.3. The number of piperidine rings is 3. The fourth-order valence-corrected chi connectivity index (χ4v) is 4.08. The monoisotopic (exact) mass is 355 g/mol. The lowest BCUT2D eigenvalue weighted by Crippen LogP contribution is -2.56. The van der Waals surface area contributed by atoms with Gasteiger partial charge in [0.2, 0.25) is 0 Å². The Morgan fingerprint density at radius 1 is 1.36 bits per heavy atom. The van der Waals surface area contributed by atoms with Gasteiger partial charge in [-0.15, -0.1) is 0 Å². The van der Waals surface area contributed by atoms with Gasteiger partial charge in [0.15, 0.2) is 0 Å². The van der Waals surface area contributed by atoms with E-state index in [2.05, 4.69) is 22.5 Å². The minimum Gasteiger partial charge on any atom is -0.336 e. The summed E-state index contributed by atoms with van der Waals surface area (Å²) in [5.41, 5.74) is -0.629. The van der Waals surface area contributed by atoms with Crippen molar-refractivity contribution in [3.63, 3.8) is 0 Å². The van der Waals surface area contributed by atoms with Gasteiger partial charge >= 0.3 is 12.2 Å². The summed E-state index contributed by atoms with van der Waals surface area (Å²) in [4.78, 5) is 14.5. The molecular formula is C18H24F3N3O. The number of nitrogens with one attached hydrogen (secondary N) is 2. The van der Waals surface area contributed by atoms with Gasteiger partial charge in [0.05, 0.1) is 5.56 Å². The number of alkyl halides is 3. The molecule has 3 fully saturated rings. The van der Waals surface area contributed by atoms with Crippen molar-refractivity contribution in [3.05, 3.63) is 29.8 Å². The van der Waals surface area contributed by atoms with Crippen LogP contribution in [0.15, 0.2) is 24.3 Å². The number of carbonyl (C=O) groups excluding carboxylic acids is 1. The first-order valence-corrected chi connectivity index (χ1v) is 8.83. The molecule has 0 radical (unpaired) electrons. The van der Waals surface area contributed by atoms with Gasteiger partial charge < -0.3 is 10.6 Å². The minimum absolute atomic E-state index is 0.142. The van der Waals surface area contributed by atoms with E-state index < -0.39 is 17.8 Å². The molecule has 1 aromatic rings. The first-order chi connectivity index (χ1) is 11.9. The van der Waals surface area contributed by atoms with Crippen molar-refractivity contribution >= 4 is 11.7 Å². The van der Waals surface area contributed by atoms with Crippen LogP contribution >= 0.6 is 0 Å². The second kappa shape index (κ2) is 7.23. The molecule has 1 aromatic carbocycles. The number of amides is 2. The van der Waals surface area contributed by atoms with Gasteiger partial charge in [-0.05, 0) is 49.4 Å². The van der Waals surface area contributed by atoms with Gasteiger partial charge in [0, 0.05) is 24.8 Å². The van der Waals surface area contributed by atoms with E-state index in [0.29, 0.717) is 12.6 Å². The third-order valence-electron chi connectivity index (χ3n) is 5.48. The molecular weight excluding hydrogens is 331 g/mol. The van der Waals surface area contributed by atoms with E-state index in [4.69, 9.17) is 0 Å². The quantitative estimate of drug-likeness (QED) is 0.859. The number of hydrogen-bond donors (Lipinski definition) is 2. The van der Waals surface area contributed by atoms with E-state index in [1.807, 2.05) is 0 Å². The summed E-state index contributed by atoms with van der Waals surface area (Å²) in [7, 11) is 0. The van der Waals surface area contributed by atoms with Crippen LogP contribution in [0.5, 0.6) is 0 Å². The maximum absolute atomic E-state index is 12.7. The molecule has 0 saturated carbocycles. The van der Waals surface area contributed by atoms with Gasteiger partial charge in [0.1, 0.15) is 0 Å². The number of urea groups is 1. The Morgan fingerprint density at radius 3 is 2.80 bits per heavy atom. The number of hydrogen-bond acceptors (Lipinski definition) is 2. The number of nitrogens with zero attached hydrogens (tertiary/aromatic N) is 1. The summed E-state index contributed by atoms with van der Waals surface area (Å²) in [6.07, 6.45) is -0.913. The molecule has 3 saturated heterocycles. The molecule has 1 unspecified atom stereocenters. The van der Waals surface area contributed by atoms with Gasteiger partial charge in [-0.3, -0.25) is 4.90 Å². The number of fused-ring (bicyclic) bond motifs is 3. The molecule has 25 heavy (non-hydrogen) atoms. The van der Waals surface area contributed by atoms with Crippen LogP contribution in [-0.4, -0.2) is 36.6 Å². The average molecular weight is 355 g/mol. The van der Waals surface area contributed by atoms with E-state index in [0.717, 1.165) is 43.5 Å². The van der Waals surface area contributed by atoms with Gasteiger partial charge in [-0.2, -0.15) is 13.2 Å². The summed E-state index contributed by atoms with van der Waals surface area (Å²) in [6, 6.07) is 4.53. The van der Waals surface area contributed by atoms with Crippen LogP contribution in [-0.2, 0) is 6.18 Å². The zero-order valence-electron chi connectivity index (χ0n) is 14.3.